The van der Waals surface area contributed by atoms with Crippen molar-refractivity contribution in [1.29, 1.82) is 0 Å². The highest BCUT2D eigenvalue weighted by atomic mass is 16.6. The van der Waals surface area contributed by atoms with Crippen molar-refractivity contribution in [1.82, 2.24) is 40.9 Å². The van der Waals surface area contributed by atoms with Gasteiger partial charge in [-0.2, -0.15) is 0 Å². The number of likely N-dealkylation sites (tertiary alicyclic amines) is 2. The summed E-state index contributed by atoms with van der Waals surface area (Å²) in [5.41, 5.74) is 3.85. The Morgan fingerprint density at radius 3 is 1.21 bits per heavy atom. The van der Waals surface area contributed by atoms with Crippen LogP contribution in [0.4, 0.5) is 9.59 Å². The van der Waals surface area contributed by atoms with Gasteiger partial charge in [0.25, 0.3) is 0 Å². The Hall–Kier alpha value is -7.74. The molecule has 6 rings (SSSR count). The molecule has 2 saturated heterocycles. The molecule has 2 heterocycles. The Morgan fingerprint density at radius 1 is 0.524 bits per heavy atom. The number of rotatable bonds is 28. The molecule has 4 aromatic carbocycles. The molecule has 4 aromatic rings. The molecule has 2 unspecified atom stereocenters. The Kier molecular flexibility index (Phi) is 26.2. The minimum Gasteiger partial charge on any atom is -0.445 e. The summed E-state index contributed by atoms with van der Waals surface area (Å²) >= 11 is 0. The van der Waals surface area contributed by atoms with Gasteiger partial charge >= 0.3 is 12.2 Å². The van der Waals surface area contributed by atoms with Gasteiger partial charge in [0.05, 0.1) is 24.3 Å². The minimum absolute atomic E-state index is 0.110. The van der Waals surface area contributed by atoms with Gasteiger partial charge in [-0.3, -0.25) is 19.2 Å². The van der Waals surface area contributed by atoms with E-state index in [4.69, 9.17) is 18.9 Å². The lowest BCUT2D eigenvalue weighted by atomic mass is 10.1. The van der Waals surface area contributed by atoms with E-state index >= 15 is 0 Å². The highest BCUT2D eigenvalue weighted by Gasteiger charge is 2.40. The maximum atomic E-state index is 14.6. The van der Waals surface area contributed by atoms with Crippen molar-refractivity contribution in [3.63, 3.8) is 0 Å². The minimum atomic E-state index is -1.07. The van der Waals surface area contributed by atoms with Gasteiger partial charge in [0.1, 0.15) is 38.5 Å². The summed E-state index contributed by atoms with van der Waals surface area (Å²) in [7, 11) is 3.32. The quantitative estimate of drug-likeness (QED) is 0.0505. The molecule has 438 valence electrons. The summed E-state index contributed by atoms with van der Waals surface area (Å²) < 4.78 is 23.8. The number of amides is 6. The van der Waals surface area contributed by atoms with Crippen LogP contribution in [0.3, 0.4) is 0 Å². The molecule has 8 atom stereocenters. The molecular formula is C64H82N8O10. The van der Waals surface area contributed by atoms with Gasteiger partial charge in [0, 0.05) is 51.4 Å². The third-order valence-electron chi connectivity index (χ3n) is 14.9. The Labute approximate surface area is 484 Å². The van der Waals surface area contributed by atoms with Crippen molar-refractivity contribution in [2.45, 2.75) is 128 Å². The fourth-order valence-corrected chi connectivity index (χ4v) is 9.73. The Balaban J connectivity index is 1.07. The van der Waals surface area contributed by atoms with Crippen LogP contribution in [0.25, 0.3) is 0 Å². The van der Waals surface area contributed by atoms with Gasteiger partial charge in [-0.25, -0.2) is 9.59 Å². The second-order valence-electron chi connectivity index (χ2n) is 20.7. The molecule has 0 saturated carbocycles. The third-order valence-corrected chi connectivity index (χ3v) is 14.9. The van der Waals surface area contributed by atoms with Crippen molar-refractivity contribution in [3.05, 3.63) is 144 Å². The molecule has 0 aliphatic carbocycles. The van der Waals surface area contributed by atoms with Crippen molar-refractivity contribution < 1.29 is 47.7 Å². The third kappa shape index (κ3) is 20.1. The molecule has 2 aliphatic heterocycles. The van der Waals surface area contributed by atoms with Gasteiger partial charge in [0.15, 0.2) is 0 Å². The highest BCUT2D eigenvalue weighted by molar-refractivity contribution is 5.91. The van der Waals surface area contributed by atoms with Crippen LogP contribution in [-0.4, -0.2) is 170 Å². The number of hydrogen-bond donors (Lipinski definition) is 4. The Morgan fingerprint density at radius 2 is 0.866 bits per heavy atom. The normalized spacial score (nSPS) is 16.8. The molecule has 18 nitrogen and oxygen atoms in total. The van der Waals surface area contributed by atoms with Gasteiger partial charge in [-0.1, -0.05) is 133 Å². The standard InChI is InChI=1S/C64H82N8O10/c1-47(65-5)59(73)67-57(61(75)71-37-23-33-55(71)43-69(39-35-51-25-13-9-14-26-51)63(77)81-45-53-29-17-11-18-30-53)49(3)79-41-21-7-8-22-42-80-50(4)58(68-60(74)48(2)66-6)62(76)72-38-24-34-56(72)44-70(40-36-52-27-15-10-16-28-52)64(78)82-46-54-31-19-12-20-32-54/h9-20,25-32,47-50,55-58,65-66H,23-24,33-46H2,1-6H3,(H,67,73)(H,68,74)/t47-,48-,49+,50?,55?,56-,57-,58-/m0/s1. The molecular weight excluding hydrogens is 1040 g/mol. The number of benzene rings is 4. The maximum absolute atomic E-state index is 14.6. The molecule has 0 spiro atoms. The van der Waals surface area contributed by atoms with E-state index < -0.39 is 48.6 Å². The van der Waals surface area contributed by atoms with E-state index in [1.165, 1.54) is 0 Å². The first kappa shape index (κ1) is 63.4. The second-order valence-corrected chi connectivity index (χ2v) is 20.7. The van der Waals surface area contributed by atoms with E-state index in [2.05, 4.69) is 44.9 Å². The van der Waals surface area contributed by atoms with Crippen molar-refractivity contribution >= 4 is 35.8 Å². The second kappa shape index (κ2) is 33.9. The molecule has 4 N–H and O–H groups in total. The zero-order chi connectivity index (χ0) is 58.6. The average Bonchev–Trinajstić information content (AvgIpc) is 4.19. The summed E-state index contributed by atoms with van der Waals surface area (Å²) in [6.45, 7) is 8.90. The molecule has 2 fully saturated rings. The summed E-state index contributed by atoms with van der Waals surface area (Å²) in [6, 6.07) is 34.7. The predicted molar refractivity (Wildman–Crippen MR) is 313 cm³/mol. The molecule has 18 heteroatoms. The van der Waals surface area contributed by atoms with E-state index in [-0.39, 0.29) is 75.2 Å². The van der Waals surface area contributed by atoms with Gasteiger partial charge in [-0.15, -0.1) is 0 Å². The largest absolute Gasteiger partial charge is 0.445 e. The molecule has 6 amide bonds. The van der Waals surface area contributed by atoms with Crippen LogP contribution >= 0.6 is 0 Å². The lowest BCUT2D eigenvalue weighted by Crippen LogP contribution is -2.58. The van der Waals surface area contributed by atoms with Crippen LogP contribution in [-0.2, 0) is 64.2 Å². The van der Waals surface area contributed by atoms with E-state index in [9.17, 15) is 28.8 Å². The number of carbonyl (C=O) groups excluding carboxylic acids is 6. The fraction of sp³-hybridized carbons (Fsp3) is 0.469. The number of nitrogens with zero attached hydrogens (tertiary/aromatic N) is 4. The summed E-state index contributed by atoms with van der Waals surface area (Å²) in [5.74, 6) is 9.82. The van der Waals surface area contributed by atoms with Crippen molar-refractivity contribution in [2.75, 3.05) is 66.6 Å². The molecule has 2 aliphatic rings. The number of nitrogens with one attached hydrogen (secondary N) is 4. The average molecular weight is 1120 g/mol. The van der Waals surface area contributed by atoms with Crippen LogP contribution in [0.1, 0.15) is 75.6 Å². The topological polar surface area (TPSA) is 200 Å². The van der Waals surface area contributed by atoms with Gasteiger partial charge < -0.3 is 59.8 Å². The van der Waals surface area contributed by atoms with Crippen LogP contribution in [0.15, 0.2) is 121 Å². The number of carbonyl (C=O) groups is 6. The van der Waals surface area contributed by atoms with E-state index in [0.29, 0.717) is 64.7 Å². The van der Waals surface area contributed by atoms with E-state index in [0.717, 1.165) is 22.3 Å². The summed E-state index contributed by atoms with van der Waals surface area (Å²) in [4.78, 5) is 90.0. The zero-order valence-electron chi connectivity index (χ0n) is 48.4. The van der Waals surface area contributed by atoms with E-state index in [1.807, 2.05) is 121 Å². The Bertz CT molecular complexity index is 2580. The fourth-order valence-electron chi connectivity index (χ4n) is 9.73. The van der Waals surface area contributed by atoms with Crippen LogP contribution in [0.5, 0.6) is 0 Å². The molecule has 0 aromatic heterocycles. The first-order chi connectivity index (χ1) is 39.8. The maximum Gasteiger partial charge on any atom is 0.410 e. The summed E-state index contributed by atoms with van der Waals surface area (Å²) in [5, 5.41) is 11.7. The summed E-state index contributed by atoms with van der Waals surface area (Å²) in [6.07, 6.45) is 1.34. The number of hydrogen-bond acceptors (Lipinski definition) is 12. The molecule has 82 heavy (non-hydrogen) atoms. The van der Waals surface area contributed by atoms with Crippen LogP contribution < -0.4 is 21.3 Å². The van der Waals surface area contributed by atoms with E-state index in [1.54, 1.807) is 61.4 Å². The van der Waals surface area contributed by atoms with Crippen LogP contribution in [0.2, 0.25) is 0 Å². The number of likely N-dealkylation sites (N-methyl/N-ethyl adjacent to an activating group) is 2. The van der Waals surface area contributed by atoms with Gasteiger partial charge in [0.2, 0.25) is 23.6 Å². The first-order valence-electron chi connectivity index (χ1n) is 28.5. The van der Waals surface area contributed by atoms with Crippen molar-refractivity contribution in [2.24, 2.45) is 0 Å². The lowest BCUT2D eigenvalue weighted by Gasteiger charge is -2.34. The highest BCUT2D eigenvalue weighted by Crippen LogP contribution is 2.24. The monoisotopic (exact) mass is 1120 g/mol. The van der Waals surface area contributed by atoms with Crippen molar-refractivity contribution in [3.8, 4) is 23.7 Å². The van der Waals surface area contributed by atoms with Crippen LogP contribution in [0, 0.1) is 23.7 Å². The predicted octanol–water partition coefficient (Wildman–Crippen LogP) is 5.73. The number of ether oxygens (including phenoxy) is 4. The first-order valence-corrected chi connectivity index (χ1v) is 28.5. The molecule has 0 radical (unpaired) electrons. The van der Waals surface area contributed by atoms with Gasteiger partial charge in [-0.05, 0) is 114 Å². The molecule has 0 bridgehead atoms. The SMILES string of the molecule is CN[C@@H](C)C(=O)N[C@H](C(=O)N1CCC[C@H]1CN(CCc1ccccc1)C(=O)OCc1ccccc1)C(C)OCC#CC#CCO[C@H](C)[C@H](NC(=O)[C@H](C)NC)C(=O)N1CCCC1CN(CCc1ccccc1)C(=O)OCc1ccccc1. The lowest BCUT2D eigenvalue weighted by molar-refractivity contribution is -0.141. The smallest absolute Gasteiger partial charge is 0.410 e. The zero-order valence-corrected chi connectivity index (χ0v) is 48.4.